The lowest BCUT2D eigenvalue weighted by Crippen LogP contribution is -2.47. The number of hydrogen-bond acceptors (Lipinski definition) is 6. The molecule has 9 nitrogen and oxygen atoms in total. The Kier molecular flexibility index (Phi) is 5.28. The van der Waals surface area contributed by atoms with Crippen LogP contribution in [0.2, 0.25) is 0 Å². The highest BCUT2D eigenvalue weighted by molar-refractivity contribution is 7.20. The number of carbonyl (C=O) groups excluding carboxylic acids is 3. The monoisotopic (exact) mass is 493 g/mol. The fourth-order valence-corrected chi connectivity index (χ4v) is 5.02. The molecule has 2 aromatic heterocycles. The Morgan fingerprint density at radius 2 is 1.91 bits per heavy atom. The van der Waals surface area contributed by atoms with Crippen molar-refractivity contribution in [3.63, 3.8) is 0 Å². The van der Waals surface area contributed by atoms with E-state index >= 15 is 0 Å². The molecule has 5 rings (SSSR count). The van der Waals surface area contributed by atoms with E-state index in [0.717, 1.165) is 16.7 Å². The number of nitrogens with zero attached hydrogens (tertiary/aromatic N) is 3. The molecule has 1 atom stereocenters. The van der Waals surface area contributed by atoms with E-state index in [1.54, 1.807) is 61.0 Å². The number of imide groups is 1. The van der Waals surface area contributed by atoms with Crippen molar-refractivity contribution < 1.29 is 23.5 Å². The summed E-state index contributed by atoms with van der Waals surface area (Å²) >= 11 is 1.15. The number of amides is 4. The molecule has 0 radical (unpaired) electrons. The molecule has 2 N–H and O–H groups in total. The smallest absolute Gasteiger partial charge is 0.344 e. The molecule has 3 heterocycles. The van der Waals surface area contributed by atoms with Crippen LogP contribution in [0.3, 0.4) is 0 Å². The number of nitrogens with one attached hydrogen (secondary N) is 2. The third-order valence-corrected chi connectivity index (χ3v) is 7.00. The molecule has 2 aromatic carbocycles. The topological polar surface area (TPSA) is 106 Å². The van der Waals surface area contributed by atoms with Gasteiger partial charge in [-0.05, 0) is 61.9 Å². The minimum absolute atomic E-state index is 0.284. The molecule has 1 aliphatic heterocycles. The van der Waals surface area contributed by atoms with Crippen LogP contribution < -0.4 is 15.5 Å². The molecule has 1 unspecified atom stereocenters. The number of thiophene rings is 1. The first-order chi connectivity index (χ1) is 16.7. The molecule has 0 saturated carbocycles. The second-order valence-corrected chi connectivity index (χ2v) is 9.20. The van der Waals surface area contributed by atoms with Crippen LogP contribution in [0.15, 0.2) is 54.6 Å². The standard InChI is InChI=1S/C24H20FN5O4S/c1-13-18-12-19(35-21(18)29(27-13)16-9-7-15(25)8-10-16)20(31)28-30-22(32)24(2,26-23(30)33)14-5-4-6-17(11-14)34-3/h4-12H,1-3H3,(H,26,33)(H,28,31). The van der Waals surface area contributed by atoms with Gasteiger partial charge in [-0.2, -0.15) is 10.1 Å². The molecule has 4 aromatic rings. The first kappa shape index (κ1) is 22.5. The molecular weight excluding hydrogens is 473 g/mol. The zero-order valence-electron chi connectivity index (χ0n) is 19.0. The summed E-state index contributed by atoms with van der Waals surface area (Å²) in [5, 5.41) is 8.55. The van der Waals surface area contributed by atoms with Crippen LogP contribution >= 0.6 is 11.3 Å². The summed E-state index contributed by atoms with van der Waals surface area (Å²) in [4.78, 5) is 39.8. The molecule has 1 aliphatic rings. The fraction of sp³-hybridized carbons (Fsp3) is 0.167. The molecular formula is C24H20FN5O4S. The summed E-state index contributed by atoms with van der Waals surface area (Å²) < 4.78 is 20.2. The molecule has 4 amide bonds. The Morgan fingerprint density at radius 3 is 2.63 bits per heavy atom. The third kappa shape index (κ3) is 3.69. The Morgan fingerprint density at radius 1 is 1.17 bits per heavy atom. The first-order valence-corrected chi connectivity index (χ1v) is 11.4. The van der Waals surface area contributed by atoms with Gasteiger partial charge in [0, 0.05) is 5.39 Å². The summed E-state index contributed by atoms with van der Waals surface area (Å²) in [7, 11) is 1.50. The fourth-order valence-electron chi connectivity index (χ4n) is 3.94. The maximum Gasteiger partial charge on any atom is 0.344 e. The molecule has 1 fully saturated rings. The summed E-state index contributed by atoms with van der Waals surface area (Å²) in [6.45, 7) is 3.36. The lowest BCUT2D eigenvalue weighted by atomic mass is 9.92. The van der Waals surface area contributed by atoms with Gasteiger partial charge in [0.25, 0.3) is 11.8 Å². The maximum atomic E-state index is 13.3. The van der Waals surface area contributed by atoms with E-state index in [1.807, 2.05) is 0 Å². The van der Waals surface area contributed by atoms with Gasteiger partial charge in [-0.3, -0.25) is 15.0 Å². The van der Waals surface area contributed by atoms with E-state index in [0.29, 0.717) is 32.5 Å². The van der Waals surface area contributed by atoms with Crippen LogP contribution in [0.4, 0.5) is 9.18 Å². The van der Waals surface area contributed by atoms with Crippen LogP contribution in [-0.2, 0) is 10.3 Å². The number of hydrazine groups is 1. The Hall–Kier alpha value is -4.25. The van der Waals surface area contributed by atoms with Gasteiger partial charge in [-0.1, -0.05) is 12.1 Å². The molecule has 178 valence electrons. The summed E-state index contributed by atoms with van der Waals surface area (Å²) in [5.74, 6) is -1.08. The van der Waals surface area contributed by atoms with Crippen LogP contribution in [0.1, 0.15) is 27.9 Å². The van der Waals surface area contributed by atoms with E-state index in [1.165, 1.54) is 19.2 Å². The molecule has 0 bridgehead atoms. The molecule has 0 aliphatic carbocycles. The SMILES string of the molecule is COc1cccc(C2(C)NC(=O)N(NC(=O)c3cc4c(C)nn(-c5ccc(F)cc5)c4s3)C2=O)c1. The predicted octanol–water partition coefficient (Wildman–Crippen LogP) is 3.66. The largest absolute Gasteiger partial charge is 0.497 e. The van der Waals surface area contributed by atoms with E-state index in [9.17, 15) is 18.8 Å². The van der Waals surface area contributed by atoms with Crippen molar-refractivity contribution in [1.82, 2.24) is 25.5 Å². The number of hydrogen-bond donors (Lipinski definition) is 2. The lowest BCUT2D eigenvalue weighted by Gasteiger charge is -2.22. The highest BCUT2D eigenvalue weighted by Gasteiger charge is 2.50. The third-order valence-electron chi connectivity index (χ3n) is 5.89. The normalized spacial score (nSPS) is 17.7. The second kappa shape index (κ2) is 8.20. The van der Waals surface area contributed by atoms with Gasteiger partial charge in [0.1, 0.15) is 21.9 Å². The average Bonchev–Trinajstić information content (AvgIpc) is 3.48. The van der Waals surface area contributed by atoms with Gasteiger partial charge < -0.3 is 10.1 Å². The van der Waals surface area contributed by atoms with Crippen LogP contribution in [0.5, 0.6) is 5.75 Å². The van der Waals surface area contributed by atoms with E-state index < -0.39 is 23.4 Å². The van der Waals surface area contributed by atoms with Gasteiger partial charge in [0.15, 0.2) is 0 Å². The highest BCUT2D eigenvalue weighted by atomic mass is 32.1. The predicted molar refractivity (Wildman–Crippen MR) is 127 cm³/mol. The maximum absolute atomic E-state index is 13.3. The van der Waals surface area contributed by atoms with Gasteiger partial charge in [0.2, 0.25) is 0 Å². The first-order valence-electron chi connectivity index (χ1n) is 10.6. The lowest BCUT2D eigenvalue weighted by molar-refractivity contribution is -0.132. The molecule has 0 spiro atoms. The number of carbonyl (C=O) groups is 3. The molecule has 1 saturated heterocycles. The zero-order chi connectivity index (χ0) is 24.9. The quantitative estimate of drug-likeness (QED) is 0.413. The second-order valence-electron chi connectivity index (χ2n) is 8.17. The van der Waals surface area contributed by atoms with Crippen LogP contribution in [0.25, 0.3) is 15.9 Å². The van der Waals surface area contributed by atoms with E-state index in [2.05, 4.69) is 15.8 Å². The van der Waals surface area contributed by atoms with Gasteiger partial charge in [-0.15, -0.1) is 11.3 Å². The van der Waals surface area contributed by atoms with Gasteiger partial charge >= 0.3 is 6.03 Å². The molecule has 11 heteroatoms. The number of aryl methyl sites for hydroxylation is 1. The summed E-state index contributed by atoms with van der Waals surface area (Å²) in [6, 6.07) is 13.5. The summed E-state index contributed by atoms with van der Waals surface area (Å²) in [5.41, 5.74) is 2.88. The Bertz CT molecular complexity index is 1500. The van der Waals surface area contributed by atoms with Crippen LogP contribution in [0, 0.1) is 12.7 Å². The number of rotatable bonds is 5. The zero-order valence-corrected chi connectivity index (χ0v) is 19.8. The minimum atomic E-state index is -1.38. The molecule has 35 heavy (non-hydrogen) atoms. The number of ether oxygens (including phenoxy) is 1. The van der Waals surface area contributed by atoms with Gasteiger partial charge in [0.05, 0.1) is 23.4 Å². The van der Waals surface area contributed by atoms with E-state index in [-0.39, 0.29) is 10.7 Å². The van der Waals surface area contributed by atoms with Crippen molar-refractivity contribution in [2.24, 2.45) is 0 Å². The number of halogens is 1. The average molecular weight is 494 g/mol. The van der Waals surface area contributed by atoms with Gasteiger partial charge in [-0.25, -0.2) is 13.9 Å². The number of aromatic nitrogens is 2. The number of benzene rings is 2. The van der Waals surface area contributed by atoms with Crippen LogP contribution in [-0.4, -0.2) is 39.7 Å². The highest BCUT2D eigenvalue weighted by Crippen LogP contribution is 2.32. The van der Waals surface area contributed by atoms with Crippen molar-refractivity contribution in [3.8, 4) is 11.4 Å². The Labute approximate surface area is 203 Å². The van der Waals surface area contributed by atoms with Crippen molar-refractivity contribution in [1.29, 1.82) is 0 Å². The van der Waals surface area contributed by atoms with Crippen molar-refractivity contribution in [2.45, 2.75) is 19.4 Å². The number of urea groups is 1. The van der Waals surface area contributed by atoms with Crippen molar-refractivity contribution >= 4 is 39.4 Å². The summed E-state index contributed by atoms with van der Waals surface area (Å²) in [6.07, 6.45) is 0. The minimum Gasteiger partial charge on any atom is -0.497 e. The van der Waals surface area contributed by atoms with Crippen molar-refractivity contribution in [3.05, 3.63) is 76.5 Å². The number of fused-ring (bicyclic) bond motifs is 1. The van der Waals surface area contributed by atoms with E-state index in [4.69, 9.17) is 4.74 Å². The number of methoxy groups -OCH3 is 1. The Balaban J connectivity index is 1.42. The van der Waals surface area contributed by atoms with Crippen molar-refractivity contribution in [2.75, 3.05) is 7.11 Å².